The molecule has 3 atom stereocenters. The molecule has 2 aromatic carbocycles. The van der Waals surface area contributed by atoms with Crippen LogP contribution in [0.25, 0.3) is 0 Å². The van der Waals surface area contributed by atoms with Crippen LogP contribution in [-0.4, -0.2) is 25.9 Å². The Balaban J connectivity index is 1.73. The fourth-order valence-corrected chi connectivity index (χ4v) is 4.56. The average molecular weight is 382 g/mol. The van der Waals surface area contributed by atoms with Crippen LogP contribution in [0.1, 0.15) is 63.1 Å². The van der Waals surface area contributed by atoms with Gasteiger partial charge in [-0.15, -0.1) is 0 Å². The van der Waals surface area contributed by atoms with Gasteiger partial charge in [0.25, 0.3) is 0 Å². The number of nitrogens with one attached hydrogen (secondary N) is 1. The van der Waals surface area contributed by atoms with Gasteiger partial charge >= 0.3 is 0 Å². The summed E-state index contributed by atoms with van der Waals surface area (Å²) >= 11 is 0. The molecule has 1 aliphatic heterocycles. The largest absolute Gasteiger partial charge is 0.496 e. The van der Waals surface area contributed by atoms with E-state index < -0.39 is 0 Å². The van der Waals surface area contributed by atoms with E-state index >= 15 is 0 Å². The van der Waals surface area contributed by atoms with Gasteiger partial charge in [0.2, 0.25) is 0 Å². The Morgan fingerprint density at radius 2 is 1.82 bits per heavy atom. The highest BCUT2D eigenvalue weighted by molar-refractivity contribution is 5.37. The lowest BCUT2D eigenvalue weighted by atomic mass is 9.75. The molecule has 0 aromatic heterocycles. The first-order chi connectivity index (χ1) is 13.5. The van der Waals surface area contributed by atoms with Crippen molar-refractivity contribution >= 4 is 0 Å². The van der Waals surface area contributed by atoms with Crippen molar-refractivity contribution in [3.05, 3.63) is 65.7 Å². The lowest BCUT2D eigenvalue weighted by Crippen LogP contribution is -2.37. The fraction of sp³-hybridized carbons (Fsp3) is 0.520. The van der Waals surface area contributed by atoms with Crippen molar-refractivity contribution in [2.75, 3.05) is 20.3 Å². The minimum Gasteiger partial charge on any atom is -0.496 e. The second kappa shape index (κ2) is 9.58. The molecule has 2 aromatic rings. The quantitative estimate of drug-likeness (QED) is 0.634. The Labute approximate surface area is 170 Å². The first-order valence-corrected chi connectivity index (χ1v) is 10.6. The summed E-state index contributed by atoms with van der Waals surface area (Å²) < 4.78 is 11.7. The molecule has 0 aliphatic carbocycles. The molecule has 0 unspecified atom stereocenters. The molecule has 3 nitrogen and oxygen atoms in total. The molecule has 3 heteroatoms. The Kier molecular flexibility index (Phi) is 7.14. The molecule has 1 fully saturated rings. The number of ether oxygens (including phenoxy) is 2. The summed E-state index contributed by atoms with van der Waals surface area (Å²) in [5, 5.41) is 3.72. The number of para-hydroxylation sites is 1. The van der Waals surface area contributed by atoms with E-state index in [1.807, 2.05) is 0 Å². The number of hydrogen-bond donors (Lipinski definition) is 1. The van der Waals surface area contributed by atoms with Crippen molar-refractivity contribution in [2.24, 2.45) is 5.92 Å². The molecule has 3 rings (SSSR count). The van der Waals surface area contributed by atoms with Gasteiger partial charge in [-0.05, 0) is 75.6 Å². The van der Waals surface area contributed by atoms with E-state index in [1.54, 1.807) is 7.11 Å². The zero-order chi connectivity index (χ0) is 20.0. The third kappa shape index (κ3) is 5.36. The van der Waals surface area contributed by atoms with Crippen LogP contribution in [0, 0.1) is 5.92 Å². The van der Waals surface area contributed by atoms with E-state index in [1.165, 1.54) is 11.1 Å². The lowest BCUT2D eigenvalue weighted by Gasteiger charge is -2.40. The molecule has 1 heterocycles. The van der Waals surface area contributed by atoms with Gasteiger partial charge in [-0.25, -0.2) is 0 Å². The minimum atomic E-state index is -0.0477. The second-order valence-electron chi connectivity index (χ2n) is 8.58. The molecule has 152 valence electrons. The topological polar surface area (TPSA) is 30.5 Å². The Hall–Kier alpha value is -1.84. The Bertz CT molecular complexity index is 728. The maximum absolute atomic E-state index is 5.99. The summed E-state index contributed by atoms with van der Waals surface area (Å²) in [6.45, 7) is 8.50. The van der Waals surface area contributed by atoms with Gasteiger partial charge in [-0.2, -0.15) is 0 Å². The van der Waals surface area contributed by atoms with E-state index in [4.69, 9.17) is 9.47 Å². The molecule has 0 radical (unpaired) electrons. The van der Waals surface area contributed by atoms with Crippen LogP contribution in [0.3, 0.4) is 0 Å². The van der Waals surface area contributed by atoms with E-state index in [-0.39, 0.29) is 5.60 Å². The highest BCUT2D eigenvalue weighted by atomic mass is 16.5. The number of methoxy groups -OCH3 is 1. The van der Waals surface area contributed by atoms with Gasteiger partial charge in [0.1, 0.15) is 5.75 Å². The number of benzene rings is 2. The van der Waals surface area contributed by atoms with Crippen molar-refractivity contribution in [3.63, 3.8) is 0 Å². The van der Waals surface area contributed by atoms with Crippen molar-refractivity contribution in [3.8, 4) is 5.75 Å². The maximum Gasteiger partial charge on any atom is 0.122 e. The SMILES string of the molecule is COc1ccccc1[C@@H](CCN[C@@H](C)c1ccccc1)[C@@H]1CCOC(C)(C)C1. The maximum atomic E-state index is 5.99. The van der Waals surface area contributed by atoms with Gasteiger partial charge in [0.05, 0.1) is 12.7 Å². The Morgan fingerprint density at radius 1 is 1.11 bits per heavy atom. The average Bonchev–Trinajstić information content (AvgIpc) is 2.71. The summed E-state index contributed by atoms with van der Waals surface area (Å²) in [7, 11) is 1.78. The van der Waals surface area contributed by atoms with Gasteiger partial charge in [0, 0.05) is 12.6 Å². The molecule has 0 saturated carbocycles. The standard InChI is InChI=1S/C25H35NO2/c1-19(20-10-6-5-7-11-20)26-16-14-22(21-15-17-28-25(2,3)18-21)23-12-8-9-13-24(23)27-4/h5-13,19,21-22,26H,14-18H2,1-4H3/t19-,21+,22-/m0/s1. The monoisotopic (exact) mass is 381 g/mol. The lowest BCUT2D eigenvalue weighted by molar-refractivity contribution is -0.0773. The smallest absolute Gasteiger partial charge is 0.122 e. The third-order valence-corrected chi connectivity index (χ3v) is 6.05. The molecule has 1 N–H and O–H groups in total. The fourth-order valence-electron chi connectivity index (χ4n) is 4.56. The first kappa shape index (κ1) is 20.9. The van der Waals surface area contributed by atoms with Crippen LogP contribution >= 0.6 is 0 Å². The van der Waals surface area contributed by atoms with E-state index in [0.29, 0.717) is 17.9 Å². The summed E-state index contributed by atoms with van der Waals surface area (Å²) in [6, 6.07) is 19.5. The third-order valence-electron chi connectivity index (χ3n) is 6.05. The van der Waals surface area contributed by atoms with Crippen LogP contribution in [0.2, 0.25) is 0 Å². The normalized spacial score (nSPS) is 21.1. The van der Waals surface area contributed by atoms with Gasteiger partial charge in [-0.3, -0.25) is 0 Å². The predicted octanol–water partition coefficient (Wildman–Crippen LogP) is 5.72. The van der Waals surface area contributed by atoms with Gasteiger partial charge < -0.3 is 14.8 Å². The zero-order valence-corrected chi connectivity index (χ0v) is 17.8. The van der Waals surface area contributed by atoms with Gasteiger partial charge in [-0.1, -0.05) is 48.5 Å². The van der Waals surface area contributed by atoms with Crippen LogP contribution in [-0.2, 0) is 4.74 Å². The molecule has 0 amide bonds. The van der Waals surface area contributed by atoms with Gasteiger partial charge in [0.15, 0.2) is 0 Å². The summed E-state index contributed by atoms with van der Waals surface area (Å²) in [5.41, 5.74) is 2.62. The summed E-state index contributed by atoms with van der Waals surface area (Å²) in [5.74, 6) is 2.08. The highest BCUT2D eigenvalue weighted by Gasteiger charge is 2.35. The van der Waals surface area contributed by atoms with Crippen LogP contribution < -0.4 is 10.1 Å². The molecule has 1 aliphatic rings. The summed E-state index contributed by atoms with van der Waals surface area (Å²) in [6.07, 6.45) is 3.29. The van der Waals surface area contributed by atoms with Crippen LogP contribution in [0.15, 0.2) is 54.6 Å². The minimum absolute atomic E-state index is 0.0477. The number of rotatable bonds is 8. The summed E-state index contributed by atoms with van der Waals surface area (Å²) in [4.78, 5) is 0. The molecule has 28 heavy (non-hydrogen) atoms. The Morgan fingerprint density at radius 3 is 2.54 bits per heavy atom. The van der Waals surface area contributed by atoms with E-state index in [9.17, 15) is 0 Å². The second-order valence-corrected chi connectivity index (χ2v) is 8.58. The predicted molar refractivity (Wildman–Crippen MR) is 116 cm³/mol. The van der Waals surface area contributed by atoms with E-state index in [0.717, 1.165) is 38.2 Å². The van der Waals surface area contributed by atoms with Crippen molar-refractivity contribution < 1.29 is 9.47 Å². The zero-order valence-electron chi connectivity index (χ0n) is 17.8. The highest BCUT2D eigenvalue weighted by Crippen LogP contribution is 2.42. The van der Waals surface area contributed by atoms with Crippen molar-refractivity contribution in [1.82, 2.24) is 5.32 Å². The van der Waals surface area contributed by atoms with Crippen molar-refractivity contribution in [1.29, 1.82) is 0 Å². The van der Waals surface area contributed by atoms with Crippen LogP contribution in [0.4, 0.5) is 0 Å². The van der Waals surface area contributed by atoms with Crippen molar-refractivity contribution in [2.45, 2.75) is 57.6 Å². The first-order valence-electron chi connectivity index (χ1n) is 10.6. The molecule has 1 saturated heterocycles. The molecular weight excluding hydrogens is 346 g/mol. The molecule has 0 bridgehead atoms. The molecule has 0 spiro atoms. The van der Waals surface area contributed by atoms with E-state index in [2.05, 4.69) is 80.7 Å². The number of hydrogen-bond acceptors (Lipinski definition) is 3. The van der Waals surface area contributed by atoms with Crippen LogP contribution in [0.5, 0.6) is 5.75 Å². The molecular formula is C25H35NO2.